The first-order valence-corrected chi connectivity index (χ1v) is 6.70. The number of hydrogen-bond acceptors (Lipinski definition) is 1. The van der Waals surface area contributed by atoms with Crippen LogP contribution < -0.4 is 5.73 Å². The zero-order chi connectivity index (χ0) is 11.2. The predicted molar refractivity (Wildman–Crippen MR) is 65.5 cm³/mol. The zero-order valence-corrected chi connectivity index (χ0v) is 10.8. The summed E-state index contributed by atoms with van der Waals surface area (Å²) in [6.45, 7) is 9.43. The van der Waals surface area contributed by atoms with Crippen LogP contribution in [0.25, 0.3) is 0 Å². The first-order chi connectivity index (χ1) is 6.94. The van der Waals surface area contributed by atoms with Crippen LogP contribution in [-0.2, 0) is 0 Å². The second-order valence-corrected chi connectivity index (χ2v) is 6.79. The molecule has 2 atom stereocenters. The van der Waals surface area contributed by atoms with Crippen molar-refractivity contribution in [1.29, 1.82) is 0 Å². The summed E-state index contributed by atoms with van der Waals surface area (Å²) in [6.07, 6.45) is 5.76. The Kier molecular flexibility index (Phi) is 2.87. The Bertz CT molecular complexity index is 223. The lowest BCUT2D eigenvalue weighted by atomic mass is 9.74. The second kappa shape index (κ2) is 3.76. The van der Waals surface area contributed by atoms with Gasteiger partial charge in [0.05, 0.1) is 0 Å². The molecule has 2 fully saturated rings. The van der Waals surface area contributed by atoms with Crippen LogP contribution in [0, 0.1) is 29.1 Å². The number of nitrogens with two attached hydrogens (primary N) is 1. The largest absolute Gasteiger partial charge is 0.327 e. The summed E-state index contributed by atoms with van der Waals surface area (Å²) in [4.78, 5) is 0. The van der Waals surface area contributed by atoms with E-state index in [1.165, 1.54) is 25.7 Å². The SMILES string of the molecule is CC(C)C1CCC(C2C(N)C2(C)C)CC1. The molecular weight excluding hydrogens is 182 g/mol. The van der Waals surface area contributed by atoms with Gasteiger partial charge in [0, 0.05) is 6.04 Å². The topological polar surface area (TPSA) is 26.0 Å². The van der Waals surface area contributed by atoms with Crippen molar-refractivity contribution in [3.8, 4) is 0 Å². The van der Waals surface area contributed by atoms with Crippen LogP contribution in [0.5, 0.6) is 0 Å². The van der Waals surface area contributed by atoms with E-state index in [9.17, 15) is 0 Å². The molecular formula is C14H27N. The van der Waals surface area contributed by atoms with E-state index in [1.807, 2.05) is 0 Å². The van der Waals surface area contributed by atoms with Crippen molar-refractivity contribution in [3.63, 3.8) is 0 Å². The van der Waals surface area contributed by atoms with Crippen molar-refractivity contribution in [1.82, 2.24) is 0 Å². The van der Waals surface area contributed by atoms with Crippen LogP contribution in [0.1, 0.15) is 53.4 Å². The summed E-state index contributed by atoms with van der Waals surface area (Å²) in [5, 5.41) is 0. The minimum atomic E-state index is 0.440. The lowest BCUT2D eigenvalue weighted by molar-refractivity contribution is 0.196. The third-order valence-corrected chi connectivity index (χ3v) is 5.26. The molecule has 2 rings (SSSR count). The van der Waals surface area contributed by atoms with E-state index in [0.717, 1.165) is 23.7 Å². The van der Waals surface area contributed by atoms with E-state index in [2.05, 4.69) is 27.7 Å². The molecule has 1 nitrogen and oxygen atoms in total. The van der Waals surface area contributed by atoms with Crippen molar-refractivity contribution >= 4 is 0 Å². The van der Waals surface area contributed by atoms with Gasteiger partial charge >= 0.3 is 0 Å². The highest BCUT2D eigenvalue weighted by Crippen LogP contribution is 2.58. The van der Waals surface area contributed by atoms with Gasteiger partial charge in [-0.05, 0) is 54.8 Å². The maximum Gasteiger partial charge on any atom is 0.0130 e. The molecule has 0 radical (unpaired) electrons. The summed E-state index contributed by atoms with van der Waals surface area (Å²) in [7, 11) is 0. The van der Waals surface area contributed by atoms with Gasteiger partial charge in [-0.1, -0.05) is 27.7 Å². The molecule has 0 aromatic carbocycles. The highest BCUT2D eigenvalue weighted by Gasteiger charge is 2.58. The summed E-state index contributed by atoms with van der Waals surface area (Å²) in [6, 6.07) is 0.484. The Morgan fingerprint density at radius 1 is 1.07 bits per heavy atom. The first kappa shape index (κ1) is 11.4. The molecule has 0 aliphatic heterocycles. The maximum absolute atomic E-state index is 6.17. The molecule has 0 bridgehead atoms. The molecule has 2 aliphatic rings. The second-order valence-electron chi connectivity index (χ2n) is 6.79. The van der Waals surface area contributed by atoms with E-state index in [1.54, 1.807) is 0 Å². The van der Waals surface area contributed by atoms with Crippen LogP contribution >= 0.6 is 0 Å². The van der Waals surface area contributed by atoms with Crippen LogP contribution in [0.2, 0.25) is 0 Å². The monoisotopic (exact) mass is 209 g/mol. The Morgan fingerprint density at radius 3 is 1.87 bits per heavy atom. The molecule has 0 heterocycles. The highest BCUT2D eigenvalue weighted by atomic mass is 14.8. The average molecular weight is 209 g/mol. The van der Waals surface area contributed by atoms with E-state index in [-0.39, 0.29) is 0 Å². The van der Waals surface area contributed by atoms with Gasteiger partial charge in [-0.15, -0.1) is 0 Å². The molecule has 0 aromatic rings. The summed E-state index contributed by atoms with van der Waals surface area (Å²) in [5.41, 5.74) is 6.61. The molecule has 1 heteroatoms. The zero-order valence-electron chi connectivity index (χ0n) is 10.8. The molecule has 2 saturated carbocycles. The van der Waals surface area contributed by atoms with E-state index < -0.39 is 0 Å². The van der Waals surface area contributed by atoms with Gasteiger partial charge in [-0.25, -0.2) is 0 Å². The summed E-state index contributed by atoms with van der Waals surface area (Å²) in [5.74, 6) is 3.63. The minimum Gasteiger partial charge on any atom is -0.327 e. The Hall–Kier alpha value is -0.0400. The van der Waals surface area contributed by atoms with Crippen LogP contribution in [0.4, 0.5) is 0 Å². The molecule has 2 aliphatic carbocycles. The summed E-state index contributed by atoms with van der Waals surface area (Å²) >= 11 is 0. The van der Waals surface area contributed by atoms with Crippen LogP contribution in [0.3, 0.4) is 0 Å². The quantitative estimate of drug-likeness (QED) is 0.741. The third kappa shape index (κ3) is 1.95. The average Bonchev–Trinajstić information content (AvgIpc) is 2.66. The lowest BCUT2D eigenvalue weighted by Gasteiger charge is -2.31. The Labute approximate surface area is 94.8 Å². The molecule has 0 spiro atoms. The lowest BCUT2D eigenvalue weighted by Crippen LogP contribution is -2.21. The molecule has 0 amide bonds. The smallest absolute Gasteiger partial charge is 0.0130 e. The predicted octanol–water partition coefficient (Wildman–Crippen LogP) is 3.43. The van der Waals surface area contributed by atoms with Gasteiger partial charge in [0.25, 0.3) is 0 Å². The van der Waals surface area contributed by atoms with Gasteiger partial charge < -0.3 is 5.73 Å². The fourth-order valence-electron chi connectivity index (χ4n) is 3.79. The van der Waals surface area contributed by atoms with Gasteiger partial charge in [0.1, 0.15) is 0 Å². The summed E-state index contributed by atoms with van der Waals surface area (Å²) < 4.78 is 0. The Morgan fingerprint density at radius 2 is 1.53 bits per heavy atom. The van der Waals surface area contributed by atoms with Crippen molar-refractivity contribution in [2.75, 3.05) is 0 Å². The van der Waals surface area contributed by atoms with E-state index in [4.69, 9.17) is 5.73 Å². The van der Waals surface area contributed by atoms with Gasteiger partial charge in [-0.2, -0.15) is 0 Å². The molecule has 88 valence electrons. The van der Waals surface area contributed by atoms with Crippen molar-refractivity contribution < 1.29 is 0 Å². The number of hydrogen-bond donors (Lipinski definition) is 1. The van der Waals surface area contributed by atoms with Gasteiger partial charge in [-0.3, -0.25) is 0 Å². The fraction of sp³-hybridized carbons (Fsp3) is 1.00. The molecule has 0 saturated heterocycles. The van der Waals surface area contributed by atoms with Crippen LogP contribution in [-0.4, -0.2) is 6.04 Å². The van der Waals surface area contributed by atoms with Crippen molar-refractivity contribution in [3.05, 3.63) is 0 Å². The molecule has 15 heavy (non-hydrogen) atoms. The number of rotatable bonds is 2. The normalized spacial score (nSPS) is 44.4. The highest BCUT2D eigenvalue weighted by molar-refractivity contribution is 5.11. The van der Waals surface area contributed by atoms with Gasteiger partial charge in [0.2, 0.25) is 0 Å². The van der Waals surface area contributed by atoms with Crippen molar-refractivity contribution in [2.45, 2.75) is 59.4 Å². The minimum absolute atomic E-state index is 0.440. The Balaban J connectivity index is 1.85. The maximum atomic E-state index is 6.17. The fourth-order valence-corrected chi connectivity index (χ4v) is 3.79. The molecule has 2 unspecified atom stereocenters. The van der Waals surface area contributed by atoms with Gasteiger partial charge in [0.15, 0.2) is 0 Å². The van der Waals surface area contributed by atoms with Crippen molar-refractivity contribution in [2.24, 2.45) is 34.8 Å². The first-order valence-electron chi connectivity index (χ1n) is 6.70. The van der Waals surface area contributed by atoms with E-state index >= 15 is 0 Å². The molecule has 2 N–H and O–H groups in total. The standard InChI is InChI=1S/C14H27N/c1-9(2)10-5-7-11(8-6-10)12-13(15)14(12,3)4/h9-13H,5-8,15H2,1-4H3. The molecule has 0 aromatic heterocycles. The van der Waals surface area contributed by atoms with Crippen LogP contribution in [0.15, 0.2) is 0 Å². The third-order valence-electron chi connectivity index (χ3n) is 5.26. The van der Waals surface area contributed by atoms with E-state index in [0.29, 0.717) is 11.5 Å².